The summed E-state index contributed by atoms with van der Waals surface area (Å²) >= 11 is 0. The van der Waals surface area contributed by atoms with Crippen LogP contribution in [-0.2, 0) is 68.5 Å². The van der Waals surface area contributed by atoms with E-state index < -0.39 is 174 Å². The van der Waals surface area contributed by atoms with Gasteiger partial charge in [0.15, 0.2) is 24.6 Å². The lowest BCUT2D eigenvalue weighted by Gasteiger charge is -2.43. The smallest absolute Gasteiger partial charge is 0.303 e. The van der Waals surface area contributed by atoms with Crippen LogP contribution in [0.15, 0.2) is 18.2 Å². The van der Waals surface area contributed by atoms with E-state index in [1.54, 1.807) is 20.8 Å². The van der Waals surface area contributed by atoms with E-state index in [0.29, 0.717) is 13.2 Å². The third-order valence-electron chi connectivity index (χ3n) is 15.0. The molecule has 27 nitrogen and oxygen atoms in total. The molecule has 0 aromatic heterocycles. The number of phenolic OH excluding ortho intramolecular Hbond substituents is 2. The summed E-state index contributed by atoms with van der Waals surface area (Å²) in [6.07, 6.45) is -7.06. The molecule has 10 atom stereocenters. The zero-order chi connectivity index (χ0) is 57.2. The van der Waals surface area contributed by atoms with Gasteiger partial charge in [-0.3, -0.25) is 57.7 Å². The number of methoxy groups -OCH3 is 2. The number of likely N-dealkylation sites (tertiary alicyclic amines) is 1. The average Bonchev–Trinajstić information content (AvgIpc) is 4.13. The number of carbonyl (C=O) groups is 10. The Hall–Kier alpha value is -7.14. The molecule has 4 fully saturated rings. The molecule has 8 rings (SSSR count). The Morgan fingerprint density at radius 3 is 2.25 bits per heavy atom. The molecule has 4 aliphatic heterocycles. The number of aliphatic hydroxyl groups is 1. The molecule has 1 unspecified atom stereocenters. The summed E-state index contributed by atoms with van der Waals surface area (Å²) in [7, 11) is 2.80. The van der Waals surface area contributed by atoms with Crippen molar-refractivity contribution in [3.63, 3.8) is 0 Å². The van der Waals surface area contributed by atoms with E-state index in [1.165, 1.54) is 32.4 Å². The van der Waals surface area contributed by atoms with Gasteiger partial charge in [0, 0.05) is 101 Å². The van der Waals surface area contributed by atoms with Crippen molar-refractivity contribution in [3.8, 4) is 17.2 Å². The van der Waals surface area contributed by atoms with Gasteiger partial charge in [-0.15, -0.1) is 0 Å². The van der Waals surface area contributed by atoms with Gasteiger partial charge in [-0.25, -0.2) is 0 Å². The van der Waals surface area contributed by atoms with Crippen molar-refractivity contribution in [1.29, 1.82) is 0 Å². The highest BCUT2D eigenvalue weighted by Gasteiger charge is 2.55. The minimum atomic E-state index is -2.43. The maximum atomic E-state index is 14.3. The van der Waals surface area contributed by atoms with Gasteiger partial charge >= 0.3 is 5.97 Å². The van der Waals surface area contributed by atoms with Gasteiger partial charge in [-0.2, -0.15) is 0 Å². The van der Waals surface area contributed by atoms with Crippen LogP contribution in [0.4, 0.5) is 0 Å². The first-order chi connectivity index (χ1) is 37.6. The number of rotatable bonds is 21. The number of carbonyl (C=O) groups excluding carboxylic acids is 9. The van der Waals surface area contributed by atoms with Gasteiger partial charge < -0.3 is 75.4 Å². The largest absolute Gasteiger partial charge is 0.507 e. The number of ketones is 2. The number of hydrogen-bond donors (Lipinski definition) is 9. The molecule has 0 saturated carbocycles. The van der Waals surface area contributed by atoms with E-state index in [1.807, 2.05) is 0 Å². The van der Waals surface area contributed by atoms with E-state index in [0.717, 1.165) is 4.90 Å². The molecule has 6 aliphatic rings. The number of imide groups is 1. The second kappa shape index (κ2) is 24.1. The van der Waals surface area contributed by atoms with Crippen LogP contribution in [-0.4, -0.2) is 197 Å². The molecule has 7 amide bonds. The number of carboxylic acid groups (broad SMARTS) is 1. The third-order valence-corrected chi connectivity index (χ3v) is 15.0. The molecule has 27 heteroatoms. The fourth-order valence-electron chi connectivity index (χ4n) is 11.1. The second-order valence-electron chi connectivity index (χ2n) is 20.5. The van der Waals surface area contributed by atoms with Crippen LogP contribution in [0.3, 0.4) is 0 Å². The highest BCUT2D eigenvalue weighted by molar-refractivity contribution is 6.31. The monoisotopic (exact) mass is 1110 g/mol. The van der Waals surface area contributed by atoms with E-state index in [9.17, 15) is 68.4 Å². The number of aliphatic carboxylic acids is 1. The fourth-order valence-corrected chi connectivity index (χ4v) is 11.1. The Bertz CT molecular complexity index is 2790. The van der Waals surface area contributed by atoms with Crippen molar-refractivity contribution < 1.29 is 96.8 Å². The lowest BCUT2D eigenvalue weighted by atomic mass is 9.72. The number of hydrogen-bond acceptors (Lipinski definition) is 20. The Labute approximate surface area is 452 Å². The lowest BCUT2D eigenvalue weighted by molar-refractivity contribution is -0.256. The zero-order valence-corrected chi connectivity index (χ0v) is 44.1. The Morgan fingerprint density at radius 1 is 0.861 bits per heavy atom. The van der Waals surface area contributed by atoms with Crippen molar-refractivity contribution in [3.05, 3.63) is 51.6 Å². The van der Waals surface area contributed by atoms with Crippen molar-refractivity contribution in [1.82, 2.24) is 36.4 Å². The Kier molecular flexibility index (Phi) is 17.7. The lowest BCUT2D eigenvalue weighted by Crippen LogP contribution is -2.56. The first-order valence-electron chi connectivity index (χ1n) is 26.0. The first-order valence-corrected chi connectivity index (χ1v) is 26.0. The number of morpholine rings is 1. The molecule has 4 saturated heterocycles. The summed E-state index contributed by atoms with van der Waals surface area (Å²) in [6.45, 7) is 4.38. The van der Waals surface area contributed by atoms with Crippen LogP contribution in [0.1, 0.15) is 115 Å². The number of carboxylic acids is 1. The number of phenols is 2. The summed E-state index contributed by atoms with van der Waals surface area (Å²) in [5.74, 6) is -10.0. The molecule has 2 aromatic carbocycles. The molecular weight excluding hydrogens is 1040 g/mol. The Morgan fingerprint density at radius 2 is 1.57 bits per heavy atom. The number of ether oxygens (including phenoxy) is 6. The molecule has 428 valence electrons. The van der Waals surface area contributed by atoms with Gasteiger partial charge in [-0.1, -0.05) is 26.0 Å². The van der Waals surface area contributed by atoms with Gasteiger partial charge in [0.2, 0.25) is 41.2 Å². The first kappa shape index (κ1) is 58.0. The van der Waals surface area contributed by atoms with E-state index in [4.69, 9.17) is 28.4 Å². The number of benzene rings is 2. The number of nitrogens with zero attached hydrogens (tertiary/aromatic N) is 2. The topological polar surface area (TPSA) is 374 Å². The maximum absolute atomic E-state index is 14.3. The molecule has 0 spiro atoms. The van der Waals surface area contributed by atoms with Crippen LogP contribution in [0.25, 0.3) is 0 Å². The number of nitrogens with one attached hydrogen (secondary N) is 5. The SMILES string of the molecule is COc1cccc2c1C(=O)c1c(O)c3c(c(O)c1C2=O)C[C@@](O)(C(=O)NCCNC(=O)CNC(=O)[C@H](CCC(=O)O)NC(=O)[C@@H](NC(=O)CCN1C(=O)CCC1=O)C(C)C)CC3O[C@H]1C[C@H]2[C@H](O[C@@H]3[C@@H](OC)OCCN32)[C@H](C)O1. The highest BCUT2D eigenvalue weighted by atomic mass is 16.7. The molecule has 4 heterocycles. The van der Waals surface area contributed by atoms with Crippen molar-refractivity contribution >= 4 is 58.9 Å². The number of fused-ring (bicyclic) bond motifs is 6. The second-order valence-corrected chi connectivity index (χ2v) is 20.5. The van der Waals surface area contributed by atoms with E-state index in [-0.39, 0.29) is 79.4 Å². The maximum Gasteiger partial charge on any atom is 0.303 e. The Balaban J connectivity index is 0.924. The van der Waals surface area contributed by atoms with Crippen molar-refractivity contribution in [2.75, 3.05) is 53.6 Å². The minimum absolute atomic E-state index is 0.0368. The minimum Gasteiger partial charge on any atom is -0.507 e. The molecule has 2 aromatic rings. The van der Waals surface area contributed by atoms with Crippen molar-refractivity contribution in [2.45, 2.75) is 133 Å². The quantitative estimate of drug-likeness (QED) is 0.0334. The third kappa shape index (κ3) is 11.9. The van der Waals surface area contributed by atoms with Gasteiger partial charge in [-0.05, 0) is 25.3 Å². The summed E-state index contributed by atoms with van der Waals surface area (Å²) in [6, 6.07) is 1.32. The normalized spacial score (nSPS) is 26.0. The van der Waals surface area contributed by atoms with Gasteiger partial charge in [0.1, 0.15) is 41.0 Å². The summed E-state index contributed by atoms with van der Waals surface area (Å²) < 4.78 is 35.9. The molecule has 9 N–H and O–H groups in total. The molecule has 0 radical (unpaired) electrons. The van der Waals surface area contributed by atoms with Crippen LogP contribution >= 0.6 is 0 Å². The summed E-state index contributed by atoms with van der Waals surface area (Å²) in [4.78, 5) is 134. The fraction of sp³-hybridized carbons (Fsp3) is 0.577. The van der Waals surface area contributed by atoms with E-state index in [2.05, 4.69) is 31.5 Å². The molecule has 2 aliphatic carbocycles. The van der Waals surface area contributed by atoms with Crippen LogP contribution in [0.2, 0.25) is 0 Å². The standard InChI is InChI=1S/C52H65N7O20/c1-23(2)41(57-31(60)13-16-59-33(62)10-11-34(59)63)48(71)56-27(9-12-35(64)65)47(70)55-22-32(61)53-14-15-54-51(72)52(73)20-26-38(45(69)40-39(43(26)67)42(66)25-7-6-8-29(74-4)37(25)44(40)68)30(21-52)78-36-19-28-46(24(3)77-36)79-49-50(75-5)76-18-17-58(28)49/h6-8,23-24,27-28,30,36,41,46,49-50,67,69,73H,9-22H2,1-5H3,(H,53,61)(H,54,72)(H,55,70)(H,56,71)(H,57,60)(H,64,65)/t24-,27-,28-,30?,36-,41-,46+,49+,50-,52-/m0/s1. The summed E-state index contributed by atoms with van der Waals surface area (Å²) in [5, 5.41) is 58.1. The zero-order valence-electron chi connectivity index (χ0n) is 44.1. The average molecular weight is 1110 g/mol. The van der Waals surface area contributed by atoms with Crippen LogP contribution < -0.4 is 31.3 Å². The van der Waals surface area contributed by atoms with Gasteiger partial charge in [0.05, 0.1) is 49.2 Å². The molecule has 79 heavy (non-hydrogen) atoms. The molecular formula is C52H65N7O20. The van der Waals surface area contributed by atoms with Crippen molar-refractivity contribution in [2.24, 2.45) is 5.92 Å². The molecule has 0 bridgehead atoms. The van der Waals surface area contributed by atoms with E-state index >= 15 is 0 Å². The highest BCUT2D eigenvalue weighted by Crippen LogP contribution is 2.53. The van der Waals surface area contributed by atoms with Gasteiger partial charge in [0.25, 0.3) is 5.91 Å². The number of aromatic hydroxyl groups is 2. The number of amides is 7. The van der Waals surface area contributed by atoms with Crippen LogP contribution in [0, 0.1) is 5.92 Å². The van der Waals surface area contributed by atoms with Crippen LogP contribution in [0.5, 0.6) is 17.2 Å². The predicted molar refractivity (Wildman–Crippen MR) is 267 cm³/mol. The predicted octanol–water partition coefficient (Wildman–Crippen LogP) is -1.47. The summed E-state index contributed by atoms with van der Waals surface area (Å²) in [5.41, 5.74) is -4.18.